The van der Waals surface area contributed by atoms with Crippen LogP contribution in [-0.4, -0.2) is 56.6 Å². The van der Waals surface area contributed by atoms with Crippen molar-refractivity contribution in [2.45, 2.75) is 12.8 Å². The number of hydrogen-bond donors (Lipinski definition) is 1. The summed E-state index contributed by atoms with van der Waals surface area (Å²) >= 11 is 12.5. The fourth-order valence-corrected chi connectivity index (χ4v) is 4.42. The first-order valence-corrected chi connectivity index (χ1v) is 9.97. The summed E-state index contributed by atoms with van der Waals surface area (Å²) in [6.07, 6.45) is 2.52. The molecule has 0 saturated carbocycles. The largest absolute Gasteiger partial charge is 0.481 e. The fraction of sp³-hybridized carbons (Fsp3) is 0.333. The van der Waals surface area contributed by atoms with Crippen LogP contribution in [0.3, 0.4) is 0 Å². The highest BCUT2D eigenvalue weighted by molar-refractivity contribution is 8.26. The molecule has 1 aromatic rings. The molecule has 0 aliphatic carbocycles. The van der Waals surface area contributed by atoms with E-state index in [1.54, 1.807) is 29.2 Å². The van der Waals surface area contributed by atoms with Gasteiger partial charge in [0.15, 0.2) is 0 Å². The molecule has 0 aromatic heterocycles. The zero-order valence-electron chi connectivity index (χ0n) is 14.3. The van der Waals surface area contributed by atoms with Crippen molar-refractivity contribution in [2.75, 3.05) is 19.6 Å². The van der Waals surface area contributed by atoms with E-state index in [0.717, 1.165) is 11.8 Å². The number of carboxylic acids is 1. The van der Waals surface area contributed by atoms with Gasteiger partial charge in [0.2, 0.25) is 5.91 Å². The highest BCUT2D eigenvalue weighted by Crippen LogP contribution is 2.33. The average Bonchev–Trinajstić information content (AvgIpc) is 2.91. The Morgan fingerprint density at radius 2 is 1.96 bits per heavy atom. The number of halogens is 1. The van der Waals surface area contributed by atoms with Gasteiger partial charge in [0.25, 0.3) is 5.91 Å². The number of rotatable bonds is 4. The van der Waals surface area contributed by atoms with Gasteiger partial charge >= 0.3 is 5.97 Å². The van der Waals surface area contributed by atoms with Crippen molar-refractivity contribution in [1.82, 2.24) is 9.80 Å². The Morgan fingerprint density at radius 3 is 2.59 bits per heavy atom. The molecule has 2 amide bonds. The van der Waals surface area contributed by atoms with Crippen molar-refractivity contribution in [3.63, 3.8) is 0 Å². The summed E-state index contributed by atoms with van der Waals surface area (Å²) in [5.41, 5.74) is 0.710. The molecule has 2 aliphatic heterocycles. The number of aliphatic carboxylic acids is 1. The van der Waals surface area contributed by atoms with Gasteiger partial charge in [-0.3, -0.25) is 19.3 Å². The summed E-state index contributed by atoms with van der Waals surface area (Å²) in [5.74, 6) is -1.79. The number of hydrogen-bond acceptors (Lipinski definition) is 5. The number of thiocarbonyl (C=S) groups is 1. The van der Waals surface area contributed by atoms with Crippen molar-refractivity contribution >= 4 is 63.8 Å². The third-order valence-electron chi connectivity index (χ3n) is 4.56. The molecule has 1 N–H and O–H groups in total. The average molecular weight is 425 g/mol. The van der Waals surface area contributed by atoms with Crippen LogP contribution in [0, 0.1) is 5.92 Å². The molecule has 0 bridgehead atoms. The summed E-state index contributed by atoms with van der Waals surface area (Å²) in [5, 5.41) is 9.57. The van der Waals surface area contributed by atoms with Crippen molar-refractivity contribution in [1.29, 1.82) is 0 Å². The van der Waals surface area contributed by atoms with E-state index in [2.05, 4.69) is 0 Å². The lowest BCUT2D eigenvalue weighted by Gasteiger charge is -2.31. The van der Waals surface area contributed by atoms with Crippen LogP contribution in [-0.2, 0) is 14.4 Å². The topological polar surface area (TPSA) is 77.9 Å². The summed E-state index contributed by atoms with van der Waals surface area (Å²) in [6, 6.07) is 7.16. The first-order chi connectivity index (χ1) is 12.9. The number of carbonyl (C=O) groups is 3. The number of likely N-dealkylation sites (tertiary alicyclic amines) is 1. The first-order valence-electron chi connectivity index (χ1n) is 8.37. The van der Waals surface area contributed by atoms with Crippen molar-refractivity contribution in [3.8, 4) is 0 Å². The normalized spacial score (nSPS) is 19.8. The third kappa shape index (κ3) is 4.51. The zero-order chi connectivity index (χ0) is 19.6. The van der Waals surface area contributed by atoms with Gasteiger partial charge in [0.05, 0.1) is 10.8 Å². The molecule has 0 spiro atoms. The van der Waals surface area contributed by atoms with Crippen molar-refractivity contribution in [3.05, 3.63) is 39.8 Å². The second kappa shape index (κ2) is 8.41. The first kappa shape index (κ1) is 19.9. The molecular weight excluding hydrogens is 408 g/mol. The molecule has 0 unspecified atom stereocenters. The van der Waals surface area contributed by atoms with E-state index in [1.165, 1.54) is 4.90 Å². The van der Waals surface area contributed by atoms with Crippen LogP contribution in [0.4, 0.5) is 0 Å². The molecule has 3 rings (SSSR count). The number of thioether (sulfide) groups is 1. The molecule has 2 aliphatic rings. The summed E-state index contributed by atoms with van der Waals surface area (Å²) in [7, 11) is 0. The minimum Gasteiger partial charge on any atom is -0.481 e. The van der Waals surface area contributed by atoms with Crippen LogP contribution in [0.2, 0.25) is 5.02 Å². The predicted molar refractivity (Wildman–Crippen MR) is 108 cm³/mol. The Balaban J connectivity index is 1.65. The van der Waals surface area contributed by atoms with Crippen LogP contribution >= 0.6 is 35.6 Å². The minimum atomic E-state index is -0.830. The second-order valence-electron chi connectivity index (χ2n) is 6.28. The maximum atomic E-state index is 12.6. The fourth-order valence-electron chi connectivity index (χ4n) is 2.98. The predicted octanol–water partition coefficient (Wildman–Crippen LogP) is 2.86. The highest BCUT2D eigenvalue weighted by atomic mass is 35.5. The number of nitrogens with zero attached hydrogens (tertiary/aromatic N) is 2. The standard InChI is InChI=1S/C18H17ClN2O4S2/c19-13-4-2-1-3-12(13)9-14-16(23)21(18(26)27-14)10-15(22)20-7-5-11(6-8-20)17(24)25/h1-4,9,11H,5-8,10H2,(H,24,25). The van der Waals surface area contributed by atoms with Gasteiger partial charge in [-0.05, 0) is 30.5 Å². The molecule has 1 aromatic carbocycles. The minimum absolute atomic E-state index is 0.137. The smallest absolute Gasteiger partial charge is 0.306 e. The van der Waals surface area contributed by atoms with Gasteiger partial charge < -0.3 is 10.0 Å². The Bertz CT molecular complexity index is 834. The molecule has 9 heteroatoms. The van der Waals surface area contributed by atoms with E-state index >= 15 is 0 Å². The molecule has 6 nitrogen and oxygen atoms in total. The van der Waals surface area contributed by atoms with Crippen LogP contribution in [0.15, 0.2) is 29.2 Å². The lowest BCUT2D eigenvalue weighted by atomic mass is 9.97. The zero-order valence-corrected chi connectivity index (χ0v) is 16.6. The Labute approximate surface area is 171 Å². The number of piperidine rings is 1. The van der Waals surface area contributed by atoms with Crippen LogP contribution in [0.1, 0.15) is 18.4 Å². The molecule has 0 atom stereocenters. The van der Waals surface area contributed by atoms with Crippen molar-refractivity contribution in [2.24, 2.45) is 5.92 Å². The van der Waals surface area contributed by atoms with Gasteiger partial charge in [0, 0.05) is 18.1 Å². The Morgan fingerprint density at radius 1 is 1.30 bits per heavy atom. The van der Waals surface area contributed by atoms with Crippen LogP contribution in [0.5, 0.6) is 0 Å². The van der Waals surface area contributed by atoms with E-state index in [0.29, 0.717) is 45.7 Å². The monoisotopic (exact) mass is 424 g/mol. The van der Waals surface area contributed by atoms with Crippen LogP contribution < -0.4 is 0 Å². The summed E-state index contributed by atoms with van der Waals surface area (Å²) in [4.78, 5) is 39.5. The van der Waals surface area contributed by atoms with Crippen molar-refractivity contribution < 1.29 is 19.5 Å². The molecule has 2 fully saturated rings. The van der Waals surface area contributed by atoms with Gasteiger partial charge in [-0.2, -0.15) is 0 Å². The SMILES string of the molecule is O=C(O)C1CCN(C(=O)CN2C(=O)C(=Cc3ccccc3Cl)SC2=S)CC1. The van der Waals surface area contributed by atoms with E-state index in [4.69, 9.17) is 28.9 Å². The third-order valence-corrected chi connectivity index (χ3v) is 6.28. The van der Waals surface area contributed by atoms with Gasteiger partial charge in [-0.15, -0.1) is 0 Å². The second-order valence-corrected chi connectivity index (χ2v) is 8.37. The number of benzene rings is 1. The van der Waals surface area contributed by atoms with Gasteiger partial charge in [-0.25, -0.2) is 0 Å². The number of carbonyl (C=O) groups excluding carboxylic acids is 2. The van der Waals surface area contributed by atoms with E-state index < -0.39 is 11.9 Å². The van der Waals surface area contributed by atoms with E-state index in [1.807, 2.05) is 6.07 Å². The molecular formula is C18H17ClN2O4S2. The number of carboxylic acid groups (broad SMARTS) is 1. The summed E-state index contributed by atoms with van der Waals surface area (Å²) in [6.45, 7) is 0.613. The molecule has 142 valence electrons. The van der Waals surface area contributed by atoms with Crippen LogP contribution in [0.25, 0.3) is 6.08 Å². The molecule has 0 radical (unpaired) electrons. The molecule has 2 saturated heterocycles. The molecule has 27 heavy (non-hydrogen) atoms. The van der Waals surface area contributed by atoms with E-state index in [-0.39, 0.29) is 18.4 Å². The highest BCUT2D eigenvalue weighted by Gasteiger charge is 2.35. The maximum absolute atomic E-state index is 12.6. The lowest BCUT2D eigenvalue weighted by molar-refractivity contribution is -0.146. The summed E-state index contributed by atoms with van der Waals surface area (Å²) < 4.78 is 0.326. The number of amides is 2. The molecule has 2 heterocycles. The van der Waals surface area contributed by atoms with Gasteiger partial charge in [0.1, 0.15) is 10.9 Å². The Kier molecular flexibility index (Phi) is 6.18. The lowest BCUT2D eigenvalue weighted by Crippen LogP contribution is -2.46. The van der Waals surface area contributed by atoms with E-state index in [9.17, 15) is 14.4 Å². The van der Waals surface area contributed by atoms with Gasteiger partial charge in [-0.1, -0.05) is 53.8 Å². The Hall–Kier alpha value is -1.90. The quantitative estimate of drug-likeness (QED) is 0.591. The maximum Gasteiger partial charge on any atom is 0.306 e.